The highest BCUT2D eigenvalue weighted by Crippen LogP contribution is 2.38. The van der Waals surface area contributed by atoms with Gasteiger partial charge in [0.05, 0.1) is 10.9 Å². The summed E-state index contributed by atoms with van der Waals surface area (Å²) in [5, 5.41) is 0.170. The topological polar surface area (TPSA) is 61.2 Å². The molecule has 2 aliphatic rings. The van der Waals surface area contributed by atoms with Gasteiger partial charge in [-0.2, -0.15) is 0 Å². The molecule has 1 aromatic heterocycles. The molecule has 120 valence electrons. The van der Waals surface area contributed by atoms with E-state index in [9.17, 15) is 14.0 Å². The maximum atomic E-state index is 13.8. The van der Waals surface area contributed by atoms with Gasteiger partial charge in [0.2, 0.25) is 0 Å². The second kappa shape index (κ2) is 5.23. The maximum Gasteiger partial charge on any atom is 0.261 e. The van der Waals surface area contributed by atoms with Gasteiger partial charge in [0.1, 0.15) is 17.7 Å². The number of Topliss-reactive ketones (excluding diaryl/α,β-unsaturated/α-hetero) is 1. The Morgan fingerprint density at radius 2 is 2.13 bits per heavy atom. The number of carbonyl (C=O) groups is 1. The van der Waals surface area contributed by atoms with Crippen molar-refractivity contribution in [3.8, 4) is 0 Å². The molecule has 0 spiro atoms. The predicted octanol–water partition coefficient (Wildman–Crippen LogP) is 2.92. The molecule has 0 radical (unpaired) electrons. The average molecular weight is 316 g/mol. The zero-order valence-corrected chi connectivity index (χ0v) is 12.8. The number of aromatic nitrogens is 2. The quantitative estimate of drug-likeness (QED) is 0.817. The van der Waals surface area contributed by atoms with Gasteiger partial charge in [0.15, 0.2) is 5.78 Å². The Labute approximate surface area is 132 Å². The number of halogens is 1. The second-order valence-corrected chi connectivity index (χ2v) is 6.28. The van der Waals surface area contributed by atoms with Gasteiger partial charge in [-0.15, -0.1) is 0 Å². The van der Waals surface area contributed by atoms with Crippen molar-refractivity contribution >= 4 is 16.7 Å². The number of ether oxygens (including phenoxy) is 1. The van der Waals surface area contributed by atoms with E-state index in [-0.39, 0.29) is 40.0 Å². The number of nitrogens with zero attached hydrogens (tertiary/aromatic N) is 2. The Hall–Kier alpha value is -2.08. The van der Waals surface area contributed by atoms with E-state index in [0.29, 0.717) is 12.4 Å². The first kappa shape index (κ1) is 14.5. The molecule has 0 unspecified atom stereocenters. The fourth-order valence-corrected chi connectivity index (χ4v) is 3.25. The van der Waals surface area contributed by atoms with Crippen LogP contribution >= 0.6 is 0 Å². The highest BCUT2D eigenvalue weighted by molar-refractivity contribution is 6.05. The summed E-state index contributed by atoms with van der Waals surface area (Å²) in [6.45, 7) is 2.00. The van der Waals surface area contributed by atoms with E-state index in [1.165, 1.54) is 13.0 Å². The highest BCUT2D eigenvalue weighted by Gasteiger charge is 2.33. The lowest BCUT2D eigenvalue weighted by Gasteiger charge is -2.18. The Bertz CT molecular complexity index is 864. The van der Waals surface area contributed by atoms with Crippen LogP contribution in [0.15, 0.2) is 16.9 Å². The highest BCUT2D eigenvalue weighted by atomic mass is 19.1. The molecule has 0 N–H and O–H groups in total. The summed E-state index contributed by atoms with van der Waals surface area (Å²) in [5.41, 5.74) is 0.163. The van der Waals surface area contributed by atoms with Crippen molar-refractivity contribution in [1.29, 1.82) is 0 Å². The second-order valence-electron chi connectivity index (χ2n) is 6.28. The molecule has 1 saturated heterocycles. The molecule has 23 heavy (non-hydrogen) atoms. The van der Waals surface area contributed by atoms with Crippen molar-refractivity contribution in [2.45, 2.75) is 44.8 Å². The third-order valence-corrected chi connectivity index (χ3v) is 4.51. The van der Waals surface area contributed by atoms with Crippen LogP contribution in [0.25, 0.3) is 10.9 Å². The van der Waals surface area contributed by atoms with E-state index in [4.69, 9.17) is 4.74 Å². The third kappa shape index (κ3) is 2.37. The van der Waals surface area contributed by atoms with Gasteiger partial charge in [-0.3, -0.25) is 14.2 Å². The van der Waals surface area contributed by atoms with Gasteiger partial charge in [0, 0.05) is 18.2 Å². The molecule has 2 heterocycles. The SMILES string of the molecule is CC(=O)c1cc(F)cc2c(=O)n(C3CC3)c([C@H]3CCCO3)nc12. The van der Waals surface area contributed by atoms with Crippen molar-refractivity contribution < 1.29 is 13.9 Å². The van der Waals surface area contributed by atoms with Crippen LogP contribution < -0.4 is 5.56 Å². The first-order valence-corrected chi connectivity index (χ1v) is 7.94. The largest absolute Gasteiger partial charge is 0.370 e. The van der Waals surface area contributed by atoms with Crippen LogP contribution in [0.4, 0.5) is 4.39 Å². The Balaban J connectivity index is 2.06. The van der Waals surface area contributed by atoms with Crippen molar-refractivity contribution in [1.82, 2.24) is 9.55 Å². The molecular formula is C17H17FN2O3. The number of ketones is 1. The van der Waals surface area contributed by atoms with E-state index in [2.05, 4.69) is 4.98 Å². The van der Waals surface area contributed by atoms with Gasteiger partial charge in [-0.05, 0) is 44.7 Å². The minimum absolute atomic E-state index is 0.114. The summed E-state index contributed by atoms with van der Waals surface area (Å²) >= 11 is 0. The number of carbonyl (C=O) groups excluding carboxylic acids is 1. The lowest BCUT2D eigenvalue weighted by molar-refractivity contribution is 0.0999. The van der Waals surface area contributed by atoms with Crippen molar-refractivity contribution in [2.75, 3.05) is 6.61 Å². The Kier molecular flexibility index (Phi) is 3.30. The van der Waals surface area contributed by atoms with E-state index < -0.39 is 5.82 Å². The number of benzene rings is 1. The summed E-state index contributed by atoms with van der Waals surface area (Å²) < 4.78 is 21.2. The van der Waals surface area contributed by atoms with Crippen LogP contribution in [0.1, 0.15) is 60.9 Å². The first-order valence-electron chi connectivity index (χ1n) is 7.94. The molecular weight excluding hydrogens is 299 g/mol. The molecule has 2 fully saturated rings. The summed E-state index contributed by atoms with van der Waals surface area (Å²) in [5.74, 6) is -0.311. The van der Waals surface area contributed by atoms with Gasteiger partial charge >= 0.3 is 0 Å². The molecule has 1 saturated carbocycles. The van der Waals surface area contributed by atoms with Crippen LogP contribution in [-0.2, 0) is 4.74 Å². The van der Waals surface area contributed by atoms with E-state index in [0.717, 1.165) is 31.7 Å². The monoisotopic (exact) mass is 316 g/mol. The minimum atomic E-state index is -0.589. The Morgan fingerprint density at radius 3 is 2.74 bits per heavy atom. The first-order chi connectivity index (χ1) is 11.1. The predicted molar refractivity (Wildman–Crippen MR) is 82.2 cm³/mol. The van der Waals surface area contributed by atoms with E-state index in [1.807, 2.05) is 0 Å². The molecule has 4 rings (SSSR count). The van der Waals surface area contributed by atoms with Crippen molar-refractivity contribution in [2.24, 2.45) is 0 Å². The van der Waals surface area contributed by atoms with Crippen LogP contribution in [0.5, 0.6) is 0 Å². The number of fused-ring (bicyclic) bond motifs is 1. The molecule has 6 heteroatoms. The van der Waals surface area contributed by atoms with Gasteiger partial charge in [-0.1, -0.05) is 0 Å². The van der Waals surface area contributed by atoms with Gasteiger partial charge < -0.3 is 4.74 Å². The maximum absolute atomic E-state index is 13.8. The molecule has 5 nitrogen and oxygen atoms in total. The summed E-state index contributed by atoms with van der Waals surface area (Å²) in [6.07, 6.45) is 3.34. The van der Waals surface area contributed by atoms with Gasteiger partial charge in [0.25, 0.3) is 5.56 Å². The fraction of sp³-hybridized carbons (Fsp3) is 0.471. The molecule has 1 atom stereocenters. The standard InChI is InChI=1S/C17H17FN2O3/c1-9(21)12-7-10(18)8-13-15(12)19-16(14-3-2-6-23-14)20(17(13)22)11-4-5-11/h7-8,11,14H,2-6H2,1H3/t14-/m1/s1. The summed E-state index contributed by atoms with van der Waals surface area (Å²) in [6, 6.07) is 2.44. The fourth-order valence-electron chi connectivity index (χ4n) is 3.25. The number of rotatable bonds is 3. The average Bonchev–Trinajstić information content (AvgIpc) is 3.20. The number of hydrogen-bond acceptors (Lipinski definition) is 4. The summed E-state index contributed by atoms with van der Waals surface area (Å²) in [4.78, 5) is 29.3. The van der Waals surface area contributed by atoms with Crippen molar-refractivity contribution in [3.63, 3.8) is 0 Å². The van der Waals surface area contributed by atoms with Crippen LogP contribution in [0, 0.1) is 5.82 Å². The third-order valence-electron chi connectivity index (χ3n) is 4.51. The molecule has 0 bridgehead atoms. The molecule has 1 aromatic carbocycles. The molecule has 2 aromatic rings. The molecule has 1 aliphatic carbocycles. The zero-order valence-electron chi connectivity index (χ0n) is 12.8. The zero-order chi connectivity index (χ0) is 16.1. The molecule has 1 aliphatic heterocycles. The van der Waals surface area contributed by atoms with E-state index >= 15 is 0 Å². The molecule has 0 amide bonds. The number of hydrogen-bond donors (Lipinski definition) is 0. The van der Waals surface area contributed by atoms with Crippen molar-refractivity contribution in [3.05, 3.63) is 39.7 Å². The smallest absolute Gasteiger partial charge is 0.261 e. The summed E-state index contributed by atoms with van der Waals surface area (Å²) in [7, 11) is 0. The van der Waals surface area contributed by atoms with E-state index in [1.54, 1.807) is 4.57 Å². The van der Waals surface area contributed by atoms with Crippen LogP contribution in [-0.4, -0.2) is 21.9 Å². The van der Waals surface area contributed by atoms with Crippen LogP contribution in [0.2, 0.25) is 0 Å². The van der Waals surface area contributed by atoms with Crippen LogP contribution in [0.3, 0.4) is 0 Å². The lowest BCUT2D eigenvalue weighted by atomic mass is 10.1. The lowest BCUT2D eigenvalue weighted by Crippen LogP contribution is -2.27. The normalized spacial score (nSPS) is 21.0. The van der Waals surface area contributed by atoms with Gasteiger partial charge in [-0.25, -0.2) is 9.37 Å². The minimum Gasteiger partial charge on any atom is -0.370 e. The Morgan fingerprint density at radius 1 is 1.35 bits per heavy atom.